The van der Waals surface area contributed by atoms with E-state index in [4.69, 9.17) is 0 Å². The van der Waals surface area contributed by atoms with Crippen molar-refractivity contribution >= 4 is 18.3 Å². The Morgan fingerprint density at radius 2 is 1.39 bits per heavy atom. The lowest BCUT2D eigenvalue weighted by molar-refractivity contribution is -0.667. The third kappa shape index (κ3) is 4.11. The molecule has 1 aromatic carbocycles. The Hall–Kier alpha value is -1.88. The number of halogens is 9. The van der Waals surface area contributed by atoms with Crippen molar-refractivity contribution in [3.63, 3.8) is 0 Å². The number of aromatic nitrogens is 2. The van der Waals surface area contributed by atoms with Gasteiger partial charge < -0.3 is 17.3 Å². The number of alkyl halides is 5. The van der Waals surface area contributed by atoms with Gasteiger partial charge in [0, 0.05) is 0 Å². The summed E-state index contributed by atoms with van der Waals surface area (Å²) in [6, 6.07) is 6.15. The number of fused-ring (bicyclic) bond motifs is 1. The SMILES string of the molecule is Cn1c(C(F)(F)C(F)(F)F)[n+](C)c2ccccc21.F[B-](F)(F)F. The fourth-order valence-corrected chi connectivity index (χ4v) is 2.03. The van der Waals surface area contributed by atoms with Crippen molar-refractivity contribution < 1.29 is 43.8 Å². The summed E-state index contributed by atoms with van der Waals surface area (Å²) in [5.41, 5.74) is 0.637. The topological polar surface area (TPSA) is 8.81 Å². The molecule has 130 valence electrons. The summed E-state index contributed by atoms with van der Waals surface area (Å²) in [5.74, 6) is -5.98. The van der Waals surface area contributed by atoms with Gasteiger partial charge in [0.15, 0.2) is 11.0 Å². The molecule has 0 bridgehead atoms. The summed E-state index contributed by atoms with van der Waals surface area (Å²) < 4.78 is 105. The molecule has 0 N–H and O–H groups in total. The van der Waals surface area contributed by atoms with Gasteiger partial charge in [0.05, 0.1) is 14.1 Å². The van der Waals surface area contributed by atoms with Gasteiger partial charge >= 0.3 is 25.2 Å². The molecule has 0 aliphatic rings. The van der Waals surface area contributed by atoms with Gasteiger partial charge in [0.1, 0.15) is 0 Å². The Morgan fingerprint density at radius 3 is 1.78 bits per heavy atom. The van der Waals surface area contributed by atoms with E-state index in [-0.39, 0.29) is 0 Å². The van der Waals surface area contributed by atoms with E-state index >= 15 is 0 Å². The number of nitrogens with zero attached hydrogens (tertiary/aromatic N) is 2. The first-order chi connectivity index (χ1) is 10.2. The molecule has 0 radical (unpaired) electrons. The molecule has 0 spiro atoms. The zero-order valence-corrected chi connectivity index (χ0v) is 11.7. The van der Waals surface area contributed by atoms with Crippen LogP contribution in [0.1, 0.15) is 5.82 Å². The average molecular weight is 352 g/mol. The first kappa shape index (κ1) is 19.2. The van der Waals surface area contributed by atoms with E-state index in [0.717, 1.165) is 9.13 Å². The summed E-state index contributed by atoms with van der Waals surface area (Å²) in [4.78, 5) is 0. The van der Waals surface area contributed by atoms with Crippen molar-refractivity contribution in [2.45, 2.75) is 12.1 Å². The van der Waals surface area contributed by atoms with E-state index in [1.54, 1.807) is 12.1 Å². The maximum atomic E-state index is 13.5. The van der Waals surface area contributed by atoms with Crippen LogP contribution in [0, 0.1) is 0 Å². The van der Waals surface area contributed by atoms with Gasteiger partial charge in [-0.05, 0) is 12.1 Å². The third-order valence-electron chi connectivity index (χ3n) is 2.88. The third-order valence-corrected chi connectivity index (χ3v) is 2.88. The molecule has 0 saturated heterocycles. The van der Waals surface area contributed by atoms with Crippen LogP contribution in [0.25, 0.3) is 11.0 Å². The molecule has 1 heterocycles. The summed E-state index contributed by atoms with van der Waals surface area (Å²) >= 11 is 0. The zero-order chi connectivity index (χ0) is 18.2. The van der Waals surface area contributed by atoms with Crippen LogP contribution in [0.3, 0.4) is 0 Å². The van der Waals surface area contributed by atoms with E-state index in [1.165, 1.54) is 26.2 Å². The minimum Gasteiger partial charge on any atom is -0.418 e. The smallest absolute Gasteiger partial charge is 0.418 e. The first-order valence-electron chi connectivity index (χ1n) is 5.93. The Morgan fingerprint density at radius 1 is 0.957 bits per heavy atom. The maximum absolute atomic E-state index is 13.5. The number of aryl methyl sites for hydroxylation is 2. The molecule has 12 heteroatoms. The maximum Gasteiger partial charge on any atom is 0.673 e. The molecule has 0 aliphatic heterocycles. The van der Waals surface area contributed by atoms with Gasteiger partial charge in [-0.1, -0.05) is 12.1 Å². The quantitative estimate of drug-likeness (QED) is 0.418. The monoisotopic (exact) mass is 352 g/mol. The van der Waals surface area contributed by atoms with Gasteiger partial charge in [-0.15, -0.1) is 0 Å². The molecule has 23 heavy (non-hydrogen) atoms. The van der Waals surface area contributed by atoms with Gasteiger partial charge in [-0.2, -0.15) is 22.0 Å². The van der Waals surface area contributed by atoms with Crippen molar-refractivity contribution in [1.29, 1.82) is 0 Å². The predicted octanol–water partition coefficient (Wildman–Crippen LogP) is 3.96. The normalized spacial score (nSPS) is 13.0. The highest BCUT2D eigenvalue weighted by Gasteiger charge is 2.66. The zero-order valence-electron chi connectivity index (χ0n) is 11.7. The number of benzene rings is 1. The molecule has 2 rings (SSSR count). The molecule has 2 aromatic rings. The average Bonchev–Trinajstić information content (AvgIpc) is 2.59. The summed E-state index contributed by atoms with van der Waals surface area (Å²) in [5, 5.41) is 0. The molecular formula is C11H10BF9N2. The first-order valence-corrected chi connectivity index (χ1v) is 5.93. The summed E-state index contributed by atoms with van der Waals surface area (Å²) in [6.45, 7) is 0. The van der Waals surface area contributed by atoms with Crippen molar-refractivity contribution in [2.24, 2.45) is 14.1 Å². The van der Waals surface area contributed by atoms with Crippen LogP contribution in [-0.4, -0.2) is 18.0 Å². The van der Waals surface area contributed by atoms with Crippen LogP contribution >= 0.6 is 0 Å². The number of para-hydroxylation sites is 2. The molecule has 2 nitrogen and oxygen atoms in total. The van der Waals surface area contributed by atoms with Crippen molar-refractivity contribution in [3.05, 3.63) is 30.1 Å². The van der Waals surface area contributed by atoms with Crippen molar-refractivity contribution in [1.82, 2.24) is 4.57 Å². The lowest BCUT2D eigenvalue weighted by atomic mass is 10.3. The van der Waals surface area contributed by atoms with Gasteiger partial charge in [0.25, 0.3) is 0 Å². The molecule has 0 fully saturated rings. The number of hydrogen-bond acceptors (Lipinski definition) is 0. The molecule has 0 amide bonds. The van der Waals surface area contributed by atoms with E-state index in [0.29, 0.717) is 11.0 Å². The predicted molar refractivity (Wildman–Crippen MR) is 64.2 cm³/mol. The largest absolute Gasteiger partial charge is 0.673 e. The van der Waals surface area contributed by atoms with E-state index < -0.39 is 25.2 Å². The van der Waals surface area contributed by atoms with Gasteiger partial charge in [-0.25, -0.2) is 9.13 Å². The van der Waals surface area contributed by atoms with Gasteiger partial charge in [0.2, 0.25) is 0 Å². The standard InChI is InChI=1S/C11H10F5N2.BF4/c1-17-7-5-3-4-6-8(7)18(2)9(17)10(12,13)11(14,15)16;2-1(3,4)5/h3-6H,1-2H3;/q+1;-1. The van der Waals surface area contributed by atoms with Crippen LogP contribution in [0.2, 0.25) is 0 Å². The second-order valence-electron chi connectivity index (χ2n) is 4.50. The number of imidazole rings is 1. The molecule has 0 unspecified atom stereocenters. The fourth-order valence-electron chi connectivity index (χ4n) is 2.03. The van der Waals surface area contributed by atoms with Crippen LogP contribution in [0.15, 0.2) is 24.3 Å². The second kappa shape index (κ2) is 5.97. The highest BCUT2D eigenvalue weighted by Crippen LogP contribution is 2.43. The van der Waals surface area contributed by atoms with Crippen LogP contribution in [-0.2, 0) is 20.0 Å². The number of rotatable bonds is 1. The molecule has 0 saturated carbocycles. The minimum absolute atomic E-state index is 0.318. The molecule has 1 aromatic heterocycles. The highest BCUT2D eigenvalue weighted by atomic mass is 19.5. The van der Waals surface area contributed by atoms with Crippen molar-refractivity contribution in [2.75, 3.05) is 0 Å². The van der Waals surface area contributed by atoms with E-state index in [9.17, 15) is 39.2 Å². The van der Waals surface area contributed by atoms with Gasteiger partial charge in [-0.3, -0.25) is 0 Å². The van der Waals surface area contributed by atoms with Crippen LogP contribution in [0.5, 0.6) is 0 Å². The summed E-state index contributed by atoms with van der Waals surface area (Å²) in [6.07, 6.45) is -5.62. The minimum atomic E-state index is -6.00. The Balaban J connectivity index is 0.000000463. The van der Waals surface area contributed by atoms with Crippen molar-refractivity contribution in [3.8, 4) is 0 Å². The molecule has 0 atom stereocenters. The second-order valence-corrected chi connectivity index (χ2v) is 4.50. The van der Waals surface area contributed by atoms with Crippen LogP contribution < -0.4 is 4.57 Å². The highest BCUT2D eigenvalue weighted by molar-refractivity contribution is 6.50. The van der Waals surface area contributed by atoms with E-state index in [1.807, 2.05) is 0 Å². The Labute approximate surface area is 124 Å². The molecular weight excluding hydrogens is 342 g/mol. The van der Waals surface area contributed by atoms with E-state index in [2.05, 4.69) is 0 Å². The Bertz CT molecular complexity index is 642. The number of hydrogen-bond donors (Lipinski definition) is 0. The lowest BCUT2D eigenvalue weighted by Crippen LogP contribution is -2.46. The lowest BCUT2D eigenvalue weighted by Gasteiger charge is -2.16. The van der Waals surface area contributed by atoms with Crippen LogP contribution in [0.4, 0.5) is 39.2 Å². The fraction of sp³-hybridized carbons (Fsp3) is 0.364. The Kier molecular flexibility index (Phi) is 4.97. The molecule has 0 aliphatic carbocycles. The summed E-state index contributed by atoms with van der Waals surface area (Å²) in [7, 11) is -3.62.